The van der Waals surface area contributed by atoms with Gasteiger partial charge in [0.1, 0.15) is 5.82 Å². The van der Waals surface area contributed by atoms with E-state index < -0.39 is 0 Å². The molecule has 1 nitrogen and oxygen atoms in total. The van der Waals surface area contributed by atoms with Gasteiger partial charge in [0.05, 0.1) is 5.69 Å². The number of hydrogen-bond acceptors (Lipinski definition) is 1. The van der Waals surface area contributed by atoms with Crippen molar-refractivity contribution in [2.75, 3.05) is 11.4 Å². The molecule has 1 aliphatic heterocycles. The highest BCUT2D eigenvalue weighted by molar-refractivity contribution is 6.17. The number of halogens is 2. The first kappa shape index (κ1) is 11.7. The van der Waals surface area contributed by atoms with Crippen molar-refractivity contribution in [3.05, 3.63) is 29.6 Å². The van der Waals surface area contributed by atoms with Gasteiger partial charge in [-0.1, -0.05) is 12.1 Å². The minimum absolute atomic E-state index is 0.0308. The van der Waals surface area contributed by atoms with E-state index in [0.717, 1.165) is 24.9 Å². The van der Waals surface area contributed by atoms with Gasteiger partial charge in [0.2, 0.25) is 0 Å². The molecule has 88 valence electrons. The van der Waals surface area contributed by atoms with Crippen LogP contribution in [-0.2, 0) is 5.88 Å². The maximum absolute atomic E-state index is 13.9. The van der Waals surface area contributed by atoms with Gasteiger partial charge in [-0.3, -0.25) is 0 Å². The molecular formula is C13H17ClFN. The van der Waals surface area contributed by atoms with Gasteiger partial charge in [0.25, 0.3) is 0 Å². The van der Waals surface area contributed by atoms with Gasteiger partial charge in [-0.25, -0.2) is 4.39 Å². The fourth-order valence-corrected chi connectivity index (χ4v) is 2.71. The molecule has 1 fully saturated rings. The maximum Gasteiger partial charge on any atom is 0.146 e. The van der Waals surface area contributed by atoms with Crippen LogP contribution >= 0.6 is 11.6 Å². The van der Waals surface area contributed by atoms with E-state index in [-0.39, 0.29) is 11.4 Å². The summed E-state index contributed by atoms with van der Waals surface area (Å²) in [5.74, 6) is 0.202. The summed E-state index contributed by atoms with van der Waals surface area (Å²) < 4.78 is 13.9. The van der Waals surface area contributed by atoms with Crippen molar-refractivity contribution < 1.29 is 4.39 Å². The molecule has 2 rings (SSSR count). The second-order valence-electron chi connectivity index (χ2n) is 4.95. The van der Waals surface area contributed by atoms with Gasteiger partial charge >= 0.3 is 0 Å². The number of anilines is 1. The number of para-hydroxylation sites is 1. The van der Waals surface area contributed by atoms with E-state index in [0.29, 0.717) is 11.6 Å². The summed E-state index contributed by atoms with van der Waals surface area (Å²) in [4.78, 5) is 2.15. The largest absolute Gasteiger partial charge is 0.364 e. The average molecular weight is 242 g/mol. The first-order chi connectivity index (χ1) is 7.56. The molecule has 1 aromatic rings. The molecule has 0 spiro atoms. The highest BCUT2D eigenvalue weighted by Gasteiger charge is 2.34. The second kappa shape index (κ2) is 4.25. The minimum atomic E-state index is -0.159. The molecule has 3 heteroatoms. The van der Waals surface area contributed by atoms with Crippen LogP contribution in [0.15, 0.2) is 18.2 Å². The molecule has 0 amide bonds. The molecule has 0 unspecified atom stereocenters. The van der Waals surface area contributed by atoms with Crippen molar-refractivity contribution in [3.63, 3.8) is 0 Å². The lowest BCUT2D eigenvalue weighted by molar-refractivity contribution is 0.505. The minimum Gasteiger partial charge on any atom is -0.364 e. The molecule has 1 saturated heterocycles. The van der Waals surface area contributed by atoms with Crippen molar-refractivity contribution in [1.82, 2.24) is 0 Å². The van der Waals surface area contributed by atoms with Gasteiger partial charge < -0.3 is 4.90 Å². The van der Waals surface area contributed by atoms with Gasteiger partial charge in [-0.2, -0.15) is 0 Å². The topological polar surface area (TPSA) is 3.24 Å². The van der Waals surface area contributed by atoms with Crippen LogP contribution in [-0.4, -0.2) is 12.1 Å². The predicted molar refractivity (Wildman–Crippen MR) is 66.6 cm³/mol. The molecule has 1 heterocycles. The summed E-state index contributed by atoms with van der Waals surface area (Å²) in [6.45, 7) is 5.23. The number of hydrogen-bond donors (Lipinski definition) is 0. The van der Waals surface area contributed by atoms with E-state index in [2.05, 4.69) is 18.7 Å². The summed E-state index contributed by atoms with van der Waals surface area (Å²) >= 11 is 5.88. The smallest absolute Gasteiger partial charge is 0.146 e. The van der Waals surface area contributed by atoms with E-state index in [1.165, 1.54) is 6.07 Å². The van der Waals surface area contributed by atoms with Gasteiger partial charge in [-0.15, -0.1) is 11.6 Å². The van der Waals surface area contributed by atoms with Crippen LogP contribution in [0.25, 0.3) is 0 Å². The lowest BCUT2D eigenvalue weighted by atomic mass is 10.0. The van der Waals surface area contributed by atoms with Crippen molar-refractivity contribution in [2.45, 2.75) is 38.1 Å². The molecular weight excluding hydrogens is 225 g/mol. The third-order valence-corrected chi connectivity index (χ3v) is 3.67. The zero-order chi connectivity index (χ0) is 11.8. The Morgan fingerprint density at radius 2 is 2.19 bits per heavy atom. The molecule has 0 N–H and O–H groups in total. The van der Waals surface area contributed by atoms with Crippen molar-refractivity contribution in [3.8, 4) is 0 Å². The molecule has 0 aromatic heterocycles. The Morgan fingerprint density at radius 1 is 1.44 bits per heavy atom. The zero-order valence-corrected chi connectivity index (χ0v) is 10.5. The molecule has 0 saturated carbocycles. The molecule has 16 heavy (non-hydrogen) atoms. The Balaban J connectivity index is 2.47. The SMILES string of the molecule is CC1(C)CCCN1c1c(F)cccc1CCl. The Bertz CT molecular complexity index is 390. The van der Waals surface area contributed by atoms with Gasteiger partial charge in [0, 0.05) is 18.0 Å². The van der Waals surface area contributed by atoms with E-state index in [9.17, 15) is 4.39 Å². The van der Waals surface area contributed by atoms with Crippen LogP contribution in [0.5, 0.6) is 0 Å². The summed E-state index contributed by atoms with van der Waals surface area (Å²) in [7, 11) is 0. The Hall–Kier alpha value is -0.760. The number of alkyl halides is 1. The summed E-state index contributed by atoms with van der Waals surface area (Å²) in [5, 5.41) is 0. The van der Waals surface area contributed by atoms with Crippen LogP contribution < -0.4 is 4.90 Å². The first-order valence-electron chi connectivity index (χ1n) is 5.67. The van der Waals surface area contributed by atoms with E-state index in [4.69, 9.17) is 11.6 Å². The lowest BCUT2D eigenvalue weighted by Crippen LogP contribution is -2.39. The predicted octanol–water partition coefficient (Wildman–Crippen LogP) is 3.94. The van der Waals surface area contributed by atoms with E-state index in [1.54, 1.807) is 6.07 Å². The van der Waals surface area contributed by atoms with Crippen LogP contribution in [0.3, 0.4) is 0 Å². The van der Waals surface area contributed by atoms with Crippen LogP contribution in [0.1, 0.15) is 32.3 Å². The quantitative estimate of drug-likeness (QED) is 0.709. The fraction of sp³-hybridized carbons (Fsp3) is 0.538. The molecule has 0 atom stereocenters. The van der Waals surface area contributed by atoms with Crippen LogP contribution in [0, 0.1) is 5.82 Å². The number of nitrogens with zero attached hydrogens (tertiary/aromatic N) is 1. The standard InChI is InChI=1S/C13H17ClFN/c1-13(2)7-4-8-16(13)12-10(9-14)5-3-6-11(12)15/h3,5-6H,4,7-9H2,1-2H3. The zero-order valence-electron chi connectivity index (χ0n) is 9.76. The van der Waals surface area contributed by atoms with Crippen molar-refractivity contribution in [2.24, 2.45) is 0 Å². The maximum atomic E-state index is 13.9. The Labute approximate surface area is 101 Å². The van der Waals surface area contributed by atoms with Crippen LogP contribution in [0.2, 0.25) is 0 Å². The fourth-order valence-electron chi connectivity index (χ4n) is 2.49. The highest BCUT2D eigenvalue weighted by Crippen LogP contribution is 2.37. The number of rotatable bonds is 2. The van der Waals surface area contributed by atoms with Crippen LogP contribution in [0.4, 0.5) is 10.1 Å². The van der Waals surface area contributed by atoms with E-state index in [1.807, 2.05) is 6.07 Å². The molecule has 0 bridgehead atoms. The number of benzene rings is 1. The monoisotopic (exact) mass is 241 g/mol. The summed E-state index contributed by atoms with van der Waals surface area (Å²) in [6.07, 6.45) is 2.21. The molecule has 1 aliphatic rings. The Morgan fingerprint density at radius 3 is 2.75 bits per heavy atom. The summed E-state index contributed by atoms with van der Waals surface area (Å²) in [5.41, 5.74) is 1.61. The Kier molecular flexibility index (Phi) is 3.11. The molecule has 1 aromatic carbocycles. The average Bonchev–Trinajstić information content (AvgIpc) is 2.57. The highest BCUT2D eigenvalue weighted by atomic mass is 35.5. The summed E-state index contributed by atoms with van der Waals surface area (Å²) in [6, 6.07) is 5.14. The second-order valence-corrected chi connectivity index (χ2v) is 5.22. The molecule has 0 aliphatic carbocycles. The normalized spacial score (nSPS) is 19.1. The van der Waals surface area contributed by atoms with Gasteiger partial charge in [-0.05, 0) is 38.3 Å². The first-order valence-corrected chi connectivity index (χ1v) is 6.21. The lowest BCUT2D eigenvalue weighted by Gasteiger charge is -2.35. The van der Waals surface area contributed by atoms with Crippen molar-refractivity contribution in [1.29, 1.82) is 0 Å². The molecule has 0 radical (unpaired) electrons. The third kappa shape index (κ3) is 1.91. The third-order valence-electron chi connectivity index (χ3n) is 3.39. The van der Waals surface area contributed by atoms with Crippen molar-refractivity contribution >= 4 is 17.3 Å². The van der Waals surface area contributed by atoms with Gasteiger partial charge in [0.15, 0.2) is 0 Å². The van der Waals surface area contributed by atoms with E-state index >= 15 is 0 Å².